The minimum Gasteiger partial charge on any atom is -0.325 e. The van der Waals surface area contributed by atoms with Gasteiger partial charge in [-0.15, -0.1) is 0 Å². The predicted octanol–water partition coefficient (Wildman–Crippen LogP) is 3.10. The number of aromatic nitrogens is 3. The van der Waals surface area contributed by atoms with Gasteiger partial charge in [0.05, 0.1) is 11.9 Å². The first kappa shape index (κ1) is 13.6. The average molecular weight is 278 g/mol. The zero-order valence-electron chi connectivity index (χ0n) is 12.1. The molecular weight excluding hydrogens is 260 g/mol. The van der Waals surface area contributed by atoms with Crippen LogP contribution in [-0.4, -0.2) is 15.2 Å². The summed E-state index contributed by atoms with van der Waals surface area (Å²) >= 11 is 0. The summed E-state index contributed by atoms with van der Waals surface area (Å²) in [6.07, 6.45) is 7.77. The monoisotopic (exact) mass is 278 g/mol. The maximum absolute atomic E-state index is 5.75. The molecule has 0 aliphatic carbocycles. The van der Waals surface area contributed by atoms with Gasteiger partial charge in [0.2, 0.25) is 0 Å². The molecule has 0 atom stereocenters. The highest BCUT2D eigenvalue weighted by atomic mass is 15.1. The van der Waals surface area contributed by atoms with E-state index in [0.29, 0.717) is 6.54 Å². The zero-order chi connectivity index (χ0) is 14.7. The zero-order valence-corrected chi connectivity index (χ0v) is 12.1. The molecule has 4 nitrogen and oxygen atoms in total. The van der Waals surface area contributed by atoms with Crippen LogP contribution in [0.1, 0.15) is 24.6 Å². The SMILES string of the molecule is CCCc1cncc(-c2ccc3cnnc(CN)c3c2)c1. The second kappa shape index (κ2) is 5.97. The number of hydrogen-bond donors (Lipinski definition) is 1. The number of rotatable bonds is 4. The summed E-state index contributed by atoms with van der Waals surface area (Å²) in [7, 11) is 0. The molecule has 0 saturated heterocycles. The van der Waals surface area contributed by atoms with Crippen LogP contribution in [0.3, 0.4) is 0 Å². The lowest BCUT2D eigenvalue weighted by Gasteiger charge is -2.07. The van der Waals surface area contributed by atoms with Gasteiger partial charge in [0.15, 0.2) is 0 Å². The molecule has 2 aromatic heterocycles. The molecule has 2 N–H and O–H groups in total. The van der Waals surface area contributed by atoms with Gasteiger partial charge in [-0.3, -0.25) is 4.98 Å². The van der Waals surface area contributed by atoms with Crippen LogP contribution in [0, 0.1) is 0 Å². The topological polar surface area (TPSA) is 64.7 Å². The quantitative estimate of drug-likeness (QED) is 0.796. The summed E-state index contributed by atoms with van der Waals surface area (Å²) in [5.74, 6) is 0. The number of pyridine rings is 1. The molecule has 0 amide bonds. The first-order chi connectivity index (χ1) is 10.3. The van der Waals surface area contributed by atoms with Gasteiger partial charge < -0.3 is 5.73 Å². The fourth-order valence-electron chi connectivity index (χ4n) is 2.53. The van der Waals surface area contributed by atoms with E-state index in [2.05, 4.69) is 46.4 Å². The number of benzene rings is 1. The molecule has 0 aliphatic rings. The summed E-state index contributed by atoms with van der Waals surface area (Å²) in [6.45, 7) is 2.57. The first-order valence-corrected chi connectivity index (χ1v) is 7.20. The molecule has 0 aliphatic heterocycles. The van der Waals surface area contributed by atoms with Crippen LogP contribution in [0.5, 0.6) is 0 Å². The fraction of sp³-hybridized carbons (Fsp3) is 0.235. The molecule has 0 saturated carbocycles. The van der Waals surface area contributed by atoms with Crippen LogP contribution in [0.15, 0.2) is 42.9 Å². The van der Waals surface area contributed by atoms with Gasteiger partial charge in [0, 0.05) is 35.3 Å². The van der Waals surface area contributed by atoms with Crippen molar-refractivity contribution in [2.24, 2.45) is 5.73 Å². The molecule has 21 heavy (non-hydrogen) atoms. The lowest BCUT2D eigenvalue weighted by Crippen LogP contribution is -2.02. The van der Waals surface area contributed by atoms with Crippen molar-refractivity contribution in [3.8, 4) is 11.1 Å². The van der Waals surface area contributed by atoms with Crippen LogP contribution in [0.2, 0.25) is 0 Å². The molecule has 3 aromatic rings. The van der Waals surface area contributed by atoms with Crippen molar-refractivity contribution in [1.82, 2.24) is 15.2 Å². The molecule has 0 unspecified atom stereocenters. The van der Waals surface area contributed by atoms with Crippen LogP contribution in [-0.2, 0) is 13.0 Å². The summed E-state index contributed by atoms with van der Waals surface area (Å²) in [5.41, 5.74) is 10.1. The molecule has 0 bridgehead atoms. The second-order valence-electron chi connectivity index (χ2n) is 5.13. The third kappa shape index (κ3) is 2.76. The Balaban J connectivity index is 2.10. The smallest absolute Gasteiger partial charge is 0.0845 e. The normalized spacial score (nSPS) is 11.0. The van der Waals surface area contributed by atoms with E-state index >= 15 is 0 Å². The fourth-order valence-corrected chi connectivity index (χ4v) is 2.53. The van der Waals surface area contributed by atoms with E-state index in [4.69, 9.17) is 5.73 Å². The number of hydrogen-bond acceptors (Lipinski definition) is 4. The van der Waals surface area contributed by atoms with E-state index in [-0.39, 0.29) is 0 Å². The molecular formula is C17H18N4. The van der Waals surface area contributed by atoms with Crippen LogP contribution in [0.25, 0.3) is 21.9 Å². The first-order valence-electron chi connectivity index (χ1n) is 7.20. The number of nitrogens with zero attached hydrogens (tertiary/aromatic N) is 3. The summed E-state index contributed by atoms with van der Waals surface area (Å²) in [6, 6.07) is 8.48. The van der Waals surface area contributed by atoms with Gasteiger partial charge >= 0.3 is 0 Å². The Morgan fingerprint density at radius 1 is 1.05 bits per heavy atom. The minimum atomic E-state index is 0.391. The Morgan fingerprint density at radius 3 is 2.76 bits per heavy atom. The van der Waals surface area contributed by atoms with Gasteiger partial charge in [-0.2, -0.15) is 10.2 Å². The van der Waals surface area contributed by atoms with E-state index in [9.17, 15) is 0 Å². The predicted molar refractivity (Wildman–Crippen MR) is 84.7 cm³/mol. The van der Waals surface area contributed by atoms with E-state index < -0.39 is 0 Å². The number of nitrogens with two attached hydrogens (primary N) is 1. The molecule has 0 radical (unpaired) electrons. The van der Waals surface area contributed by atoms with E-state index in [0.717, 1.165) is 40.4 Å². The Bertz CT molecular complexity index is 768. The van der Waals surface area contributed by atoms with Gasteiger partial charge in [-0.05, 0) is 29.7 Å². The van der Waals surface area contributed by atoms with Gasteiger partial charge in [0.25, 0.3) is 0 Å². The van der Waals surface area contributed by atoms with Crippen LogP contribution in [0.4, 0.5) is 0 Å². The van der Waals surface area contributed by atoms with E-state index in [1.165, 1.54) is 5.56 Å². The van der Waals surface area contributed by atoms with Crippen LogP contribution >= 0.6 is 0 Å². The molecule has 2 heterocycles. The molecule has 0 spiro atoms. The van der Waals surface area contributed by atoms with Crippen molar-refractivity contribution in [3.05, 3.63) is 54.1 Å². The number of fused-ring (bicyclic) bond motifs is 1. The highest BCUT2D eigenvalue weighted by Gasteiger charge is 2.06. The summed E-state index contributed by atoms with van der Waals surface area (Å²) in [5, 5.41) is 10.2. The standard InChI is InChI=1S/C17H18N4/c1-2-3-12-6-15(10-19-9-12)13-4-5-14-11-20-21-17(8-18)16(14)7-13/h4-7,9-11H,2-3,8,18H2,1H3. The molecule has 106 valence electrons. The maximum atomic E-state index is 5.75. The van der Waals surface area contributed by atoms with Crippen molar-refractivity contribution in [1.29, 1.82) is 0 Å². The van der Waals surface area contributed by atoms with E-state index in [1.54, 1.807) is 6.20 Å². The molecule has 3 rings (SSSR count). The third-order valence-electron chi connectivity index (χ3n) is 3.60. The van der Waals surface area contributed by atoms with Gasteiger partial charge in [0.1, 0.15) is 0 Å². The van der Waals surface area contributed by atoms with Crippen molar-refractivity contribution >= 4 is 10.8 Å². The lowest BCUT2D eigenvalue weighted by molar-refractivity contribution is 0.914. The minimum absolute atomic E-state index is 0.391. The Kier molecular flexibility index (Phi) is 3.88. The molecule has 0 fully saturated rings. The summed E-state index contributed by atoms with van der Waals surface area (Å²) in [4.78, 5) is 4.35. The van der Waals surface area contributed by atoms with Crippen molar-refractivity contribution < 1.29 is 0 Å². The highest BCUT2D eigenvalue weighted by Crippen LogP contribution is 2.25. The van der Waals surface area contributed by atoms with Gasteiger partial charge in [-0.25, -0.2) is 0 Å². The van der Waals surface area contributed by atoms with Crippen molar-refractivity contribution in [2.45, 2.75) is 26.3 Å². The van der Waals surface area contributed by atoms with Crippen molar-refractivity contribution in [2.75, 3.05) is 0 Å². The largest absolute Gasteiger partial charge is 0.325 e. The maximum Gasteiger partial charge on any atom is 0.0845 e. The molecule has 4 heteroatoms. The average Bonchev–Trinajstić information content (AvgIpc) is 2.54. The Morgan fingerprint density at radius 2 is 1.95 bits per heavy atom. The summed E-state index contributed by atoms with van der Waals surface area (Å²) < 4.78 is 0. The van der Waals surface area contributed by atoms with E-state index in [1.807, 2.05) is 12.4 Å². The van der Waals surface area contributed by atoms with Gasteiger partial charge in [-0.1, -0.05) is 25.5 Å². The highest BCUT2D eigenvalue weighted by molar-refractivity contribution is 5.88. The van der Waals surface area contributed by atoms with Crippen molar-refractivity contribution in [3.63, 3.8) is 0 Å². The second-order valence-corrected chi connectivity index (χ2v) is 5.13. The Hall–Kier alpha value is -2.33. The molecule has 1 aromatic carbocycles. The van der Waals surface area contributed by atoms with Crippen LogP contribution < -0.4 is 5.73 Å². The third-order valence-corrected chi connectivity index (χ3v) is 3.60. The number of aryl methyl sites for hydroxylation is 1. The lowest BCUT2D eigenvalue weighted by atomic mass is 10.0. The Labute approximate surface area is 124 Å².